The molecule has 0 radical (unpaired) electrons. The van der Waals surface area contributed by atoms with Crippen molar-refractivity contribution >= 4 is 21.6 Å². The number of nitrogens with one attached hydrogen (secondary N) is 2. The number of anilines is 1. The molecule has 3 rings (SSSR count). The molecule has 0 aliphatic rings. The molecule has 0 aliphatic carbocycles. The number of sulfonamides is 1. The minimum Gasteiger partial charge on any atom is -0.350 e. The van der Waals surface area contributed by atoms with Crippen LogP contribution in [0.25, 0.3) is 0 Å². The van der Waals surface area contributed by atoms with Crippen LogP contribution >= 0.6 is 0 Å². The molecule has 2 N–H and O–H groups in total. The van der Waals surface area contributed by atoms with Gasteiger partial charge in [0.15, 0.2) is 0 Å². The standard InChI is InChI=1S/C24H26N2O3S/c1-18-8-16-23(17-9-18)30(28,29)26-22-14-12-21(13-15-22)24(27)25-19(2)10-11-20-6-4-3-5-7-20/h3-9,12-17,19,26H,10-11H2,1-2H3,(H,25,27)/t19-/m1/s1. The number of carbonyl (C=O) groups is 1. The summed E-state index contributed by atoms with van der Waals surface area (Å²) in [7, 11) is -3.67. The number of hydrogen-bond donors (Lipinski definition) is 2. The molecule has 0 aliphatic heterocycles. The zero-order valence-corrected chi connectivity index (χ0v) is 17.9. The number of carbonyl (C=O) groups excluding carboxylic acids is 1. The molecule has 0 aromatic heterocycles. The average Bonchev–Trinajstić information content (AvgIpc) is 2.73. The van der Waals surface area contributed by atoms with Crippen LogP contribution in [0.5, 0.6) is 0 Å². The van der Waals surface area contributed by atoms with E-state index in [0.29, 0.717) is 11.3 Å². The van der Waals surface area contributed by atoms with Crippen molar-refractivity contribution < 1.29 is 13.2 Å². The molecule has 0 fully saturated rings. The van der Waals surface area contributed by atoms with E-state index in [1.165, 1.54) is 5.56 Å². The lowest BCUT2D eigenvalue weighted by molar-refractivity contribution is 0.0938. The van der Waals surface area contributed by atoms with E-state index < -0.39 is 10.0 Å². The van der Waals surface area contributed by atoms with Crippen LogP contribution < -0.4 is 10.0 Å². The predicted molar refractivity (Wildman–Crippen MR) is 120 cm³/mol. The lowest BCUT2D eigenvalue weighted by Crippen LogP contribution is -2.32. The Morgan fingerprint density at radius 2 is 1.53 bits per heavy atom. The zero-order chi connectivity index (χ0) is 21.6. The van der Waals surface area contributed by atoms with Crippen LogP contribution in [0.1, 0.15) is 34.8 Å². The molecule has 3 aromatic rings. The van der Waals surface area contributed by atoms with Gasteiger partial charge in [0.1, 0.15) is 0 Å². The maximum absolute atomic E-state index is 12.5. The molecule has 6 heteroatoms. The summed E-state index contributed by atoms with van der Waals surface area (Å²) in [4.78, 5) is 12.7. The summed E-state index contributed by atoms with van der Waals surface area (Å²) < 4.78 is 27.5. The van der Waals surface area contributed by atoms with Crippen LogP contribution in [0, 0.1) is 6.92 Å². The van der Waals surface area contributed by atoms with Crippen LogP contribution in [-0.2, 0) is 16.4 Å². The highest BCUT2D eigenvalue weighted by Gasteiger charge is 2.15. The monoisotopic (exact) mass is 422 g/mol. The normalized spacial score (nSPS) is 12.2. The molecular weight excluding hydrogens is 396 g/mol. The Balaban J connectivity index is 1.56. The number of amides is 1. The van der Waals surface area contributed by atoms with E-state index in [1.807, 2.05) is 32.0 Å². The van der Waals surface area contributed by atoms with Crippen LogP contribution in [0.3, 0.4) is 0 Å². The van der Waals surface area contributed by atoms with Crippen molar-refractivity contribution in [3.05, 3.63) is 95.6 Å². The minimum absolute atomic E-state index is 0.0254. The molecule has 30 heavy (non-hydrogen) atoms. The van der Waals surface area contributed by atoms with Gasteiger partial charge in [0.2, 0.25) is 0 Å². The maximum Gasteiger partial charge on any atom is 0.261 e. The molecule has 3 aromatic carbocycles. The van der Waals surface area contributed by atoms with Gasteiger partial charge in [0, 0.05) is 17.3 Å². The van der Waals surface area contributed by atoms with Gasteiger partial charge in [-0.25, -0.2) is 8.42 Å². The number of aryl methyl sites for hydroxylation is 2. The average molecular weight is 423 g/mol. The van der Waals surface area contributed by atoms with Crippen molar-refractivity contribution in [3.63, 3.8) is 0 Å². The number of hydrogen-bond acceptors (Lipinski definition) is 3. The van der Waals surface area contributed by atoms with Crippen LogP contribution in [0.15, 0.2) is 83.8 Å². The van der Waals surface area contributed by atoms with Crippen LogP contribution in [0.2, 0.25) is 0 Å². The summed E-state index contributed by atoms with van der Waals surface area (Å²) in [6.45, 7) is 3.88. The zero-order valence-electron chi connectivity index (χ0n) is 17.1. The van der Waals surface area contributed by atoms with Gasteiger partial charge in [0.25, 0.3) is 15.9 Å². The fourth-order valence-electron chi connectivity index (χ4n) is 3.03. The van der Waals surface area contributed by atoms with Gasteiger partial charge >= 0.3 is 0 Å². The number of rotatable bonds is 8. The Morgan fingerprint density at radius 3 is 2.17 bits per heavy atom. The van der Waals surface area contributed by atoms with E-state index in [-0.39, 0.29) is 16.8 Å². The summed E-state index contributed by atoms with van der Waals surface area (Å²) in [5.41, 5.74) is 3.12. The first-order valence-electron chi connectivity index (χ1n) is 9.88. The fourth-order valence-corrected chi connectivity index (χ4v) is 4.09. The van der Waals surface area contributed by atoms with E-state index >= 15 is 0 Å². The Labute approximate surface area is 178 Å². The molecule has 0 saturated heterocycles. The fraction of sp³-hybridized carbons (Fsp3) is 0.208. The molecule has 0 bridgehead atoms. The van der Waals surface area contributed by atoms with Gasteiger partial charge in [-0.3, -0.25) is 9.52 Å². The van der Waals surface area contributed by atoms with Crippen molar-refractivity contribution in [1.29, 1.82) is 0 Å². The van der Waals surface area contributed by atoms with Gasteiger partial charge in [-0.05, 0) is 68.7 Å². The summed E-state index contributed by atoms with van der Waals surface area (Å²) in [6.07, 6.45) is 1.73. The topological polar surface area (TPSA) is 75.3 Å². The third kappa shape index (κ3) is 5.94. The van der Waals surface area contributed by atoms with Crippen molar-refractivity contribution in [3.8, 4) is 0 Å². The highest BCUT2D eigenvalue weighted by Crippen LogP contribution is 2.17. The Hall–Kier alpha value is -3.12. The highest BCUT2D eigenvalue weighted by atomic mass is 32.2. The second kappa shape index (κ2) is 9.59. The first-order valence-corrected chi connectivity index (χ1v) is 11.4. The van der Waals surface area contributed by atoms with Crippen LogP contribution in [0.4, 0.5) is 5.69 Å². The molecule has 0 unspecified atom stereocenters. The highest BCUT2D eigenvalue weighted by molar-refractivity contribution is 7.92. The minimum atomic E-state index is -3.67. The van der Waals surface area contributed by atoms with Gasteiger partial charge in [-0.1, -0.05) is 48.0 Å². The second-order valence-electron chi connectivity index (χ2n) is 7.39. The summed E-state index contributed by atoms with van der Waals surface area (Å²) in [6, 6.07) is 23.2. The molecule has 0 heterocycles. The summed E-state index contributed by atoms with van der Waals surface area (Å²) in [5.74, 6) is -0.177. The van der Waals surface area contributed by atoms with Gasteiger partial charge in [-0.2, -0.15) is 0 Å². The van der Waals surface area contributed by atoms with Gasteiger partial charge in [-0.15, -0.1) is 0 Å². The lowest BCUT2D eigenvalue weighted by Gasteiger charge is -2.14. The Morgan fingerprint density at radius 1 is 0.900 bits per heavy atom. The molecule has 1 amide bonds. The maximum atomic E-state index is 12.5. The van der Waals surface area contributed by atoms with E-state index in [2.05, 4.69) is 22.2 Å². The lowest BCUT2D eigenvalue weighted by atomic mass is 10.1. The van der Waals surface area contributed by atoms with E-state index in [4.69, 9.17) is 0 Å². The third-order valence-corrected chi connectivity index (χ3v) is 6.21. The van der Waals surface area contributed by atoms with Gasteiger partial charge in [0.05, 0.1) is 4.90 Å². The molecule has 0 saturated carbocycles. The Bertz CT molecular complexity index is 1080. The first-order chi connectivity index (χ1) is 14.3. The van der Waals surface area contributed by atoms with E-state index in [0.717, 1.165) is 18.4 Å². The summed E-state index contributed by atoms with van der Waals surface area (Å²) in [5, 5.41) is 2.99. The quantitative estimate of drug-likeness (QED) is 0.559. The van der Waals surface area contributed by atoms with Crippen molar-refractivity contribution in [2.75, 3.05) is 4.72 Å². The SMILES string of the molecule is Cc1ccc(S(=O)(=O)Nc2ccc(C(=O)N[C@H](C)CCc3ccccc3)cc2)cc1. The first kappa shape index (κ1) is 21.6. The third-order valence-electron chi connectivity index (χ3n) is 4.82. The van der Waals surface area contributed by atoms with Crippen molar-refractivity contribution in [2.24, 2.45) is 0 Å². The molecule has 5 nitrogen and oxygen atoms in total. The van der Waals surface area contributed by atoms with E-state index in [9.17, 15) is 13.2 Å². The molecule has 0 spiro atoms. The Kier molecular flexibility index (Phi) is 6.90. The van der Waals surface area contributed by atoms with E-state index in [1.54, 1.807) is 48.5 Å². The predicted octanol–water partition coefficient (Wildman–Crippen LogP) is 4.55. The van der Waals surface area contributed by atoms with Gasteiger partial charge < -0.3 is 5.32 Å². The van der Waals surface area contributed by atoms with Crippen molar-refractivity contribution in [1.82, 2.24) is 5.32 Å². The smallest absolute Gasteiger partial charge is 0.261 e. The summed E-state index contributed by atoms with van der Waals surface area (Å²) >= 11 is 0. The van der Waals surface area contributed by atoms with Crippen LogP contribution in [-0.4, -0.2) is 20.4 Å². The van der Waals surface area contributed by atoms with Crippen molar-refractivity contribution in [2.45, 2.75) is 37.6 Å². The second-order valence-corrected chi connectivity index (χ2v) is 9.08. The molecule has 156 valence electrons. The molecule has 1 atom stereocenters. The molecular formula is C24H26N2O3S. The largest absolute Gasteiger partial charge is 0.350 e. The number of benzene rings is 3.